The first-order valence-corrected chi connectivity index (χ1v) is 12.5. The van der Waals surface area contributed by atoms with Crippen LogP contribution in [0.25, 0.3) is 0 Å². The number of nitrogens with one attached hydrogen (secondary N) is 2. The minimum absolute atomic E-state index is 0.00971. The molecule has 1 unspecified atom stereocenters. The molecule has 202 valence electrons. The first kappa shape index (κ1) is 30.7. The van der Waals surface area contributed by atoms with Gasteiger partial charge in [0.25, 0.3) is 0 Å². The van der Waals surface area contributed by atoms with Gasteiger partial charge in [0.15, 0.2) is 0 Å². The molecule has 0 saturated carbocycles. The maximum Gasteiger partial charge on any atom is 0.408 e. The Morgan fingerprint density at radius 1 is 1.03 bits per heavy atom. The van der Waals surface area contributed by atoms with Crippen LogP contribution in [-0.2, 0) is 23.9 Å². The molecule has 1 atom stereocenters. The van der Waals surface area contributed by atoms with Gasteiger partial charge in [0.1, 0.15) is 23.9 Å². The topological polar surface area (TPSA) is 134 Å². The zero-order chi connectivity index (χ0) is 27.1. The van der Waals surface area contributed by atoms with E-state index in [1.165, 1.54) is 11.0 Å². The first-order chi connectivity index (χ1) is 17.0. The maximum atomic E-state index is 13.3. The minimum Gasteiger partial charge on any atom is -0.508 e. The van der Waals surface area contributed by atoms with Crippen LogP contribution in [0.3, 0.4) is 0 Å². The zero-order valence-electron chi connectivity index (χ0n) is 22.1. The number of hydrogen-bond acceptors (Lipinski definition) is 7. The second-order valence-corrected chi connectivity index (χ2v) is 9.31. The number of phenolic OH excluding ortho intramolecular Hbond substituents is 1. The summed E-state index contributed by atoms with van der Waals surface area (Å²) in [4.78, 5) is 51.7. The molecule has 3 N–H and O–H groups in total. The van der Waals surface area contributed by atoms with Crippen LogP contribution in [0.5, 0.6) is 5.75 Å². The Morgan fingerprint density at radius 3 is 2.33 bits per heavy atom. The largest absolute Gasteiger partial charge is 0.508 e. The molecule has 10 heteroatoms. The monoisotopic (exact) mass is 507 g/mol. The normalized spacial score (nSPS) is 11.8. The highest BCUT2D eigenvalue weighted by atomic mass is 16.6. The minimum atomic E-state index is -1.16. The number of esters is 1. The number of rotatable bonds is 14. The van der Waals surface area contributed by atoms with Crippen molar-refractivity contribution in [1.29, 1.82) is 0 Å². The van der Waals surface area contributed by atoms with E-state index >= 15 is 0 Å². The molecule has 0 aliphatic heterocycles. The van der Waals surface area contributed by atoms with Gasteiger partial charge in [-0.05, 0) is 40.2 Å². The van der Waals surface area contributed by atoms with Crippen molar-refractivity contribution in [3.63, 3.8) is 0 Å². The summed E-state index contributed by atoms with van der Waals surface area (Å²) in [6, 6.07) is 5.12. The van der Waals surface area contributed by atoms with Gasteiger partial charge >= 0.3 is 12.1 Å². The molecule has 0 aliphatic rings. The zero-order valence-corrected chi connectivity index (χ0v) is 22.1. The van der Waals surface area contributed by atoms with Gasteiger partial charge in [-0.15, -0.1) is 0 Å². The summed E-state index contributed by atoms with van der Waals surface area (Å²) in [7, 11) is 0. The van der Waals surface area contributed by atoms with E-state index in [1.54, 1.807) is 45.9 Å². The molecule has 10 nitrogen and oxygen atoms in total. The molecule has 0 spiro atoms. The maximum absolute atomic E-state index is 13.3. The molecule has 1 aromatic rings. The van der Waals surface area contributed by atoms with E-state index < -0.39 is 35.5 Å². The van der Waals surface area contributed by atoms with Gasteiger partial charge in [0.05, 0.1) is 13.0 Å². The number of amides is 3. The number of para-hydroxylation sites is 1. The van der Waals surface area contributed by atoms with Crippen molar-refractivity contribution in [2.24, 2.45) is 0 Å². The van der Waals surface area contributed by atoms with Crippen molar-refractivity contribution in [3.8, 4) is 5.75 Å². The van der Waals surface area contributed by atoms with E-state index in [9.17, 15) is 24.3 Å². The predicted octanol–water partition coefficient (Wildman–Crippen LogP) is 3.44. The highest BCUT2D eigenvalue weighted by Crippen LogP contribution is 2.29. The SMILES string of the molecule is CCCCCCN(C(=O)CNC(=O)OC(C)(C)C)C(C(=O)NCCC(=O)OCC)c1ccccc1O. The summed E-state index contributed by atoms with van der Waals surface area (Å²) in [5.74, 6) is -1.66. The Bertz CT molecular complexity index is 867. The van der Waals surface area contributed by atoms with Gasteiger partial charge in [0, 0.05) is 18.7 Å². The van der Waals surface area contributed by atoms with Gasteiger partial charge in [-0.25, -0.2) is 4.79 Å². The van der Waals surface area contributed by atoms with Crippen LogP contribution in [0, 0.1) is 0 Å². The van der Waals surface area contributed by atoms with E-state index in [2.05, 4.69) is 17.6 Å². The van der Waals surface area contributed by atoms with E-state index in [1.807, 2.05) is 0 Å². The lowest BCUT2D eigenvalue weighted by Gasteiger charge is -2.32. The smallest absolute Gasteiger partial charge is 0.408 e. The molecule has 0 bridgehead atoms. The fourth-order valence-corrected chi connectivity index (χ4v) is 3.46. The summed E-state index contributed by atoms with van der Waals surface area (Å²) in [6.45, 7) is 8.99. The number of benzene rings is 1. The third-order valence-electron chi connectivity index (χ3n) is 5.08. The molecule has 0 heterocycles. The number of carbonyl (C=O) groups excluding carboxylic acids is 4. The van der Waals surface area contributed by atoms with Crippen LogP contribution in [0.15, 0.2) is 24.3 Å². The van der Waals surface area contributed by atoms with Crippen molar-refractivity contribution >= 4 is 23.9 Å². The van der Waals surface area contributed by atoms with Crippen LogP contribution < -0.4 is 10.6 Å². The van der Waals surface area contributed by atoms with E-state index in [0.717, 1.165) is 19.3 Å². The van der Waals surface area contributed by atoms with Crippen molar-refractivity contribution < 1.29 is 33.8 Å². The highest BCUT2D eigenvalue weighted by molar-refractivity contribution is 5.91. The number of nitrogens with zero attached hydrogens (tertiary/aromatic N) is 1. The lowest BCUT2D eigenvalue weighted by Crippen LogP contribution is -2.48. The van der Waals surface area contributed by atoms with Gasteiger partial charge in [0.2, 0.25) is 11.8 Å². The number of unbranched alkanes of at least 4 members (excludes halogenated alkanes) is 3. The Labute approximate surface area is 213 Å². The number of hydrogen-bond donors (Lipinski definition) is 3. The van der Waals surface area contributed by atoms with Crippen molar-refractivity contribution in [2.75, 3.05) is 26.2 Å². The third kappa shape index (κ3) is 11.4. The average molecular weight is 508 g/mol. The Hall–Kier alpha value is -3.30. The molecule has 1 rings (SSSR count). The van der Waals surface area contributed by atoms with Gasteiger partial charge < -0.3 is 30.1 Å². The van der Waals surface area contributed by atoms with Crippen LogP contribution in [-0.4, -0.2) is 65.7 Å². The summed E-state index contributed by atoms with van der Waals surface area (Å²) in [6.07, 6.45) is 2.65. The number of ether oxygens (including phenoxy) is 2. The number of alkyl carbamates (subject to hydrolysis) is 1. The molecule has 36 heavy (non-hydrogen) atoms. The third-order valence-corrected chi connectivity index (χ3v) is 5.08. The fraction of sp³-hybridized carbons (Fsp3) is 0.615. The summed E-state index contributed by atoms with van der Waals surface area (Å²) >= 11 is 0. The lowest BCUT2D eigenvalue weighted by atomic mass is 10.0. The Kier molecular flexibility index (Phi) is 13.4. The van der Waals surface area contributed by atoms with Crippen molar-refractivity contribution in [1.82, 2.24) is 15.5 Å². The molecule has 1 aromatic carbocycles. The van der Waals surface area contributed by atoms with Crippen LogP contribution in [0.4, 0.5) is 4.79 Å². The van der Waals surface area contributed by atoms with Crippen molar-refractivity contribution in [2.45, 2.75) is 78.4 Å². The number of aromatic hydroxyl groups is 1. The molecule has 0 aromatic heterocycles. The standard InChI is InChI=1S/C26H41N3O7/c1-6-8-9-12-17-29(21(31)18-28-25(34)36-26(3,4)5)23(19-13-10-11-14-20(19)30)24(33)27-16-15-22(32)35-7-2/h10-11,13-14,23,30H,6-9,12,15-18H2,1-5H3,(H,27,33)(H,28,34). The second kappa shape index (κ2) is 15.6. The molecule has 3 amide bonds. The summed E-state index contributed by atoms with van der Waals surface area (Å²) in [5.41, 5.74) is -0.489. The van der Waals surface area contributed by atoms with E-state index in [-0.39, 0.29) is 44.0 Å². The van der Waals surface area contributed by atoms with Crippen LogP contribution in [0.1, 0.15) is 78.3 Å². The summed E-state index contributed by atoms with van der Waals surface area (Å²) < 4.78 is 10.1. The quantitative estimate of drug-likeness (QED) is 0.259. The molecule has 0 radical (unpaired) electrons. The summed E-state index contributed by atoms with van der Waals surface area (Å²) in [5, 5.41) is 15.6. The lowest BCUT2D eigenvalue weighted by molar-refractivity contribution is -0.143. The molecule has 0 saturated heterocycles. The van der Waals surface area contributed by atoms with Crippen molar-refractivity contribution in [3.05, 3.63) is 29.8 Å². The fourth-order valence-electron chi connectivity index (χ4n) is 3.46. The van der Waals surface area contributed by atoms with Gasteiger partial charge in [-0.2, -0.15) is 0 Å². The Balaban J connectivity index is 3.15. The van der Waals surface area contributed by atoms with Gasteiger partial charge in [-0.1, -0.05) is 44.4 Å². The molecular formula is C26H41N3O7. The average Bonchev–Trinajstić information content (AvgIpc) is 2.79. The van der Waals surface area contributed by atoms with E-state index in [0.29, 0.717) is 6.42 Å². The van der Waals surface area contributed by atoms with Gasteiger partial charge in [-0.3, -0.25) is 14.4 Å². The predicted molar refractivity (Wildman–Crippen MR) is 135 cm³/mol. The molecule has 0 fully saturated rings. The molecular weight excluding hydrogens is 466 g/mol. The Morgan fingerprint density at radius 2 is 1.72 bits per heavy atom. The number of carbonyl (C=O) groups is 4. The second-order valence-electron chi connectivity index (χ2n) is 9.31. The van der Waals surface area contributed by atoms with E-state index in [4.69, 9.17) is 9.47 Å². The number of phenols is 1. The van der Waals surface area contributed by atoms with Crippen LogP contribution >= 0.6 is 0 Å². The highest BCUT2D eigenvalue weighted by Gasteiger charge is 2.33. The molecule has 0 aliphatic carbocycles. The van der Waals surface area contributed by atoms with Crippen LogP contribution in [0.2, 0.25) is 0 Å². The first-order valence-electron chi connectivity index (χ1n) is 12.5.